The minimum Gasteiger partial charge on any atom is -0.326 e. The van der Waals surface area contributed by atoms with Gasteiger partial charge in [0.25, 0.3) is 11.9 Å². The first-order valence-corrected chi connectivity index (χ1v) is 4.55. The molecule has 0 unspecified atom stereocenters. The molecule has 0 aliphatic rings. The van der Waals surface area contributed by atoms with E-state index < -0.39 is 4.33 Å². The van der Waals surface area contributed by atoms with E-state index in [-0.39, 0.29) is 5.91 Å². The van der Waals surface area contributed by atoms with Crippen LogP contribution < -0.4 is 5.32 Å². The van der Waals surface area contributed by atoms with Gasteiger partial charge in [-0.2, -0.15) is 0 Å². The zero-order valence-electron chi connectivity index (χ0n) is 7.39. The molecule has 0 atom stereocenters. The highest BCUT2D eigenvalue weighted by Gasteiger charge is 2.05. The van der Waals surface area contributed by atoms with Crippen molar-refractivity contribution in [1.29, 1.82) is 0 Å². The van der Waals surface area contributed by atoms with Crippen molar-refractivity contribution < 1.29 is 9.12 Å². The highest BCUT2D eigenvalue weighted by molar-refractivity contribution is 7.93. The number of rotatable bonds is 3. The van der Waals surface area contributed by atoms with E-state index in [4.69, 9.17) is 0 Å². The van der Waals surface area contributed by atoms with E-state index in [1.807, 2.05) is 0 Å². The molecule has 0 aliphatic heterocycles. The fraction of sp³-hybridized carbons (Fsp3) is 0.125. The van der Waals surface area contributed by atoms with Crippen LogP contribution in [0.4, 0.5) is 5.69 Å². The van der Waals surface area contributed by atoms with Crippen molar-refractivity contribution in [1.82, 2.24) is 0 Å². The first-order chi connectivity index (χ1) is 6.58. The van der Waals surface area contributed by atoms with Crippen LogP contribution in [0.25, 0.3) is 0 Å². The largest absolute Gasteiger partial charge is 0.326 e. The van der Waals surface area contributed by atoms with Crippen molar-refractivity contribution >= 4 is 23.5 Å². The first kappa shape index (κ1) is 10.5. The Morgan fingerprint density at radius 3 is 2.86 bits per heavy atom. The molecule has 0 heterocycles. The molecule has 1 rings (SSSR count). The maximum atomic E-state index is 10.7. The first-order valence-electron chi connectivity index (χ1n) is 3.78. The third kappa shape index (κ3) is 3.44. The molecule has 5 nitrogen and oxygen atoms in total. The standard InChI is InChI=1S/C8H8N2O3S/c1-6(11)9-7-3-2-4-8(5-7)14-10(12)13/h2-5H,1H3,(H,9,11). The molecular weight excluding hydrogens is 204 g/mol. The zero-order valence-corrected chi connectivity index (χ0v) is 8.21. The van der Waals surface area contributed by atoms with Crippen molar-refractivity contribution in [3.05, 3.63) is 34.4 Å². The number of hydrogen-bond acceptors (Lipinski definition) is 4. The van der Waals surface area contributed by atoms with Crippen LogP contribution in [0.1, 0.15) is 6.92 Å². The van der Waals surface area contributed by atoms with E-state index in [2.05, 4.69) is 5.32 Å². The van der Waals surface area contributed by atoms with E-state index in [9.17, 15) is 14.9 Å². The summed E-state index contributed by atoms with van der Waals surface area (Å²) in [7, 11) is 0. The van der Waals surface area contributed by atoms with Gasteiger partial charge in [-0.3, -0.25) is 14.9 Å². The molecule has 0 saturated carbocycles. The number of carbonyl (C=O) groups excluding carboxylic acids is 1. The molecule has 0 bridgehead atoms. The summed E-state index contributed by atoms with van der Waals surface area (Å²) in [5.41, 5.74) is 0.560. The Kier molecular flexibility index (Phi) is 3.47. The number of carbonyl (C=O) groups is 1. The molecular formula is C8H8N2O3S. The summed E-state index contributed by atoms with van der Waals surface area (Å²) >= 11 is 0.511. The Hall–Kier alpha value is -1.56. The van der Waals surface area contributed by atoms with Crippen molar-refractivity contribution in [2.24, 2.45) is 0 Å². The highest BCUT2D eigenvalue weighted by atomic mass is 32.2. The molecule has 1 amide bonds. The molecule has 1 N–H and O–H groups in total. The number of anilines is 1. The molecule has 1 aromatic rings. The lowest BCUT2D eigenvalue weighted by molar-refractivity contribution is -0.284. The number of nitro groups is 1. The average Bonchev–Trinajstić information content (AvgIpc) is 2.01. The normalized spacial score (nSPS) is 9.50. The van der Waals surface area contributed by atoms with Gasteiger partial charge in [0.1, 0.15) is 4.33 Å². The summed E-state index contributed by atoms with van der Waals surface area (Å²) in [6, 6.07) is 6.48. The second kappa shape index (κ2) is 4.61. The van der Waals surface area contributed by atoms with Gasteiger partial charge in [0, 0.05) is 12.6 Å². The average molecular weight is 212 g/mol. The van der Waals surface area contributed by atoms with E-state index in [1.54, 1.807) is 24.3 Å². The molecule has 0 fully saturated rings. The van der Waals surface area contributed by atoms with Gasteiger partial charge in [-0.15, -0.1) is 0 Å². The molecule has 14 heavy (non-hydrogen) atoms. The molecule has 0 spiro atoms. The van der Waals surface area contributed by atoms with E-state index >= 15 is 0 Å². The van der Waals surface area contributed by atoms with Gasteiger partial charge in [0.05, 0.1) is 4.90 Å². The second-order valence-corrected chi connectivity index (χ2v) is 3.48. The number of nitrogens with zero attached hydrogens (tertiary/aromatic N) is 1. The number of nitrogens with one attached hydrogen (secondary N) is 1. The van der Waals surface area contributed by atoms with Gasteiger partial charge in [-0.05, 0) is 18.2 Å². The maximum Gasteiger partial charge on any atom is 0.265 e. The number of hydrogen-bond donors (Lipinski definition) is 1. The van der Waals surface area contributed by atoms with Crippen molar-refractivity contribution in [3.8, 4) is 0 Å². The number of benzene rings is 1. The maximum absolute atomic E-state index is 10.7. The van der Waals surface area contributed by atoms with E-state index in [1.165, 1.54) is 6.92 Å². The Labute approximate surface area is 84.8 Å². The minimum absolute atomic E-state index is 0.201. The Balaban J connectivity index is 2.78. The monoisotopic (exact) mass is 212 g/mol. The molecule has 74 valence electrons. The molecule has 0 aromatic heterocycles. The molecule has 0 aliphatic carbocycles. The number of amides is 1. The van der Waals surface area contributed by atoms with E-state index in [0.29, 0.717) is 22.5 Å². The van der Waals surface area contributed by atoms with Crippen LogP contribution in [-0.2, 0) is 4.79 Å². The third-order valence-electron chi connectivity index (χ3n) is 1.33. The van der Waals surface area contributed by atoms with Crippen LogP contribution >= 0.6 is 11.9 Å². The predicted octanol–water partition coefficient (Wildman–Crippen LogP) is 1.93. The molecule has 0 saturated heterocycles. The van der Waals surface area contributed by atoms with Gasteiger partial charge in [-0.1, -0.05) is 6.07 Å². The predicted molar refractivity (Wildman–Crippen MR) is 53.6 cm³/mol. The summed E-state index contributed by atoms with van der Waals surface area (Å²) < 4.78 is -0.493. The third-order valence-corrected chi connectivity index (χ3v) is 1.95. The smallest absolute Gasteiger partial charge is 0.265 e. The lowest BCUT2D eigenvalue weighted by Gasteiger charge is -2.01. The lowest BCUT2D eigenvalue weighted by Crippen LogP contribution is -2.05. The zero-order chi connectivity index (χ0) is 10.6. The topological polar surface area (TPSA) is 72.2 Å². The van der Waals surface area contributed by atoms with E-state index in [0.717, 1.165) is 0 Å². The fourth-order valence-corrected chi connectivity index (χ4v) is 1.41. The summed E-state index contributed by atoms with van der Waals surface area (Å²) in [5.74, 6) is -0.201. The summed E-state index contributed by atoms with van der Waals surface area (Å²) in [6.07, 6.45) is 0. The molecule has 6 heteroatoms. The Morgan fingerprint density at radius 1 is 1.57 bits per heavy atom. The van der Waals surface area contributed by atoms with Crippen molar-refractivity contribution in [2.45, 2.75) is 11.8 Å². The van der Waals surface area contributed by atoms with Gasteiger partial charge < -0.3 is 5.32 Å². The highest BCUT2D eigenvalue weighted by Crippen LogP contribution is 2.21. The quantitative estimate of drug-likeness (QED) is 0.472. The summed E-state index contributed by atoms with van der Waals surface area (Å²) in [5, 5.41) is 12.7. The van der Waals surface area contributed by atoms with Gasteiger partial charge in [-0.25, -0.2) is 0 Å². The Morgan fingerprint density at radius 2 is 2.29 bits per heavy atom. The van der Waals surface area contributed by atoms with Crippen LogP contribution in [0.3, 0.4) is 0 Å². The summed E-state index contributed by atoms with van der Waals surface area (Å²) in [6.45, 7) is 1.38. The van der Waals surface area contributed by atoms with Crippen LogP contribution in [0.15, 0.2) is 29.2 Å². The van der Waals surface area contributed by atoms with Gasteiger partial charge >= 0.3 is 0 Å². The van der Waals surface area contributed by atoms with Crippen LogP contribution in [0, 0.1) is 10.1 Å². The SMILES string of the molecule is CC(=O)Nc1cccc(S[N+](=O)[O-])c1. The van der Waals surface area contributed by atoms with Crippen molar-refractivity contribution in [2.75, 3.05) is 5.32 Å². The molecule has 0 radical (unpaired) electrons. The van der Waals surface area contributed by atoms with Crippen LogP contribution in [-0.4, -0.2) is 10.2 Å². The Bertz CT molecular complexity index is 336. The summed E-state index contributed by atoms with van der Waals surface area (Å²) in [4.78, 5) is 21.4. The van der Waals surface area contributed by atoms with Gasteiger partial charge in [0.15, 0.2) is 0 Å². The lowest BCUT2D eigenvalue weighted by atomic mass is 10.3. The van der Waals surface area contributed by atoms with Crippen LogP contribution in [0.5, 0.6) is 0 Å². The fourth-order valence-electron chi connectivity index (χ4n) is 0.920. The minimum atomic E-state index is -0.493. The second-order valence-electron chi connectivity index (χ2n) is 2.52. The molecule has 1 aromatic carbocycles. The van der Waals surface area contributed by atoms with Gasteiger partial charge in [0.2, 0.25) is 5.91 Å². The van der Waals surface area contributed by atoms with Crippen molar-refractivity contribution in [3.63, 3.8) is 0 Å². The van der Waals surface area contributed by atoms with Crippen LogP contribution in [0.2, 0.25) is 0 Å².